The molecule has 0 bridgehead atoms. The van der Waals surface area contributed by atoms with E-state index >= 15 is 0 Å². The van der Waals surface area contributed by atoms with Gasteiger partial charge in [-0.2, -0.15) is 0 Å². The first kappa shape index (κ1) is 10.8. The van der Waals surface area contributed by atoms with Crippen LogP contribution in [0.25, 0.3) is 0 Å². The lowest BCUT2D eigenvalue weighted by atomic mass is 10.2. The third-order valence-corrected chi connectivity index (χ3v) is 2.85. The number of para-hydroxylation sites is 1. The Bertz CT molecular complexity index is 435. The molecule has 3 nitrogen and oxygen atoms in total. The number of hydrogen-bond donors (Lipinski definition) is 1. The largest absolute Gasteiger partial charge is 0.280 e. The molecule has 0 radical (unpaired) electrons. The summed E-state index contributed by atoms with van der Waals surface area (Å²) in [5, 5.41) is 1.14. The molecule has 0 atom stereocenters. The first-order valence-corrected chi connectivity index (χ1v) is 5.81. The maximum Gasteiger partial charge on any atom is 0.254 e. The van der Waals surface area contributed by atoms with Gasteiger partial charge in [-0.15, -0.1) is 0 Å². The van der Waals surface area contributed by atoms with Gasteiger partial charge in [-0.1, -0.05) is 24.3 Å². The van der Waals surface area contributed by atoms with Gasteiger partial charge < -0.3 is 0 Å². The lowest BCUT2D eigenvalue weighted by molar-refractivity contribution is 0.609. The Morgan fingerprint density at radius 2 is 1.93 bits per heavy atom. The Morgan fingerprint density at radius 1 is 1.29 bits per heavy atom. The van der Waals surface area contributed by atoms with Crippen molar-refractivity contribution in [3.63, 3.8) is 0 Å². The van der Waals surface area contributed by atoms with Gasteiger partial charge in [0.1, 0.15) is 0 Å². The van der Waals surface area contributed by atoms with Crippen molar-refractivity contribution in [1.29, 1.82) is 0 Å². The first-order valence-electron chi connectivity index (χ1n) is 4.26. The van der Waals surface area contributed by atoms with Gasteiger partial charge in [0.15, 0.2) is 0 Å². The maximum absolute atomic E-state index is 11.4. The molecule has 0 fully saturated rings. The van der Waals surface area contributed by atoms with Crippen LogP contribution in [0.5, 0.6) is 0 Å². The molecular weight excluding hydrogens is 198 g/mol. The first-order chi connectivity index (χ1) is 6.55. The van der Waals surface area contributed by atoms with Gasteiger partial charge in [-0.3, -0.25) is 4.72 Å². The molecule has 1 rings (SSSR count). The molecule has 1 aromatic rings. The second-order valence-corrected chi connectivity index (χ2v) is 4.50. The molecule has 76 valence electrons. The molecule has 14 heavy (non-hydrogen) atoms. The van der Waals surface area contributed by atoms with E-state index < -0.39 is 10.0 Å². The van der Waals surface area contributed by atoms with Crippen LogP contribution in [0.3, 0.4) is 0 Å². The molecule has 4 heteroatoms. The highest BCUT2D eigenvalue weighted by Gasteiger charge is 2.05. The van der Waals surface area contributed by atoms with Crippen molar-refractivity contribution in [2.45, 2.75) is 13.8 Å². The zero-order valence-corrected chi connectivity index (χ0v) is 9.01. The number of sulfonamides is 1. The van der Waals surface area contributed by atoms with Crippen LogP contribution in [-0.4, -0.2) is 8.42 Å². The number of benzene rings is 1. The van der Waals surface area contributed by atoms with Crippen LogP contribution >= 0.6 is 0 Å². The molecule has 1 N–H and O–H groups in total. The second-order valence-electron chi connectivity index (χ2n) is 2.93. The second kappa shape index (κ2) is 4.28. The van der Waals surface area contributed by atoms with E-state index in [1.54, 1.807) is 19.1 Å². The summed E-state index contributed by atoms with van der Waals surface area (Å²) in [6.07, 6.45) is 1.49. The SMILES string of the molecule is CC=CS(=O)(=O)Nc1ccccc1C. The van der Waals surface area contributed by atoms with Gasteiger partial charge in [0, 0.05) is 5.41 Å². The average molecular weight is 211 g/mol. The van der Waals surface area contributed by atoms with Crippen molar-refractivity contribution in [2.24, 2.45) is 0 Å². The third kappa shape index (κ3) is 2.88. The molecule has 0 spiro atoms. The zero-order chi connectivity index (χ0) is 10.6. The zero-order valence-electron chi connectivity index (χ0n) is 8.19. The van der Waals surface area contributed by atoms with Crippen LogP contribution < -0.4 is 4.72 Å². The number of hydrogen-bond acceptors (Lipinski definition) is 2. The van der Waals surface area contributed by atoms with Crippen molar-refractivity contribution >= 4 is 15.7 Å². The van der Waals surface area contributed by atoms with Crippen LogP contribution in [0, 0.1) is 6.92 Å². The molecule has 0 amide bonds. The Hall–Kier alpha value is -1.29. The number of allylic oxidation sites excluding steroid dienone is 1. The van der Waals surface area contributed by atoms with E-state index in [0.29, 0.717) is 5.69 Å². The molecule has 0 unspecified atom stereocenters. The number of aryl methyl sites for hydroxylation is 1. The van der Waals surface area contributed by atoms with Crippen LogP contribution in [0.1, 0.15) is 12.5 Å². The fourth-order valence-electron chi connectivity index (χ4n) is 1.05. The number of rotatable bonds is 3. The third-order valence-electron chi connectivity index (χ3n) is 1.71. The molecule has 1 aromatic carbocycles. The Balaban J connectivity index is 2.95. The monoisotopic (exact) mass is 211 g/mol. The normalized spacial score (nSPS) is 11.9. The summed E-state index contributed by atoms with van der Waals surface area (Å²) in [6.45, 7) is 3.52. The van der Waals surface area contributed by atoms with Crippen LogP contribution in [-0.2, 0) is 10.0 Å². The summed E-state index contributed by atoms with van der Waals surface area (Å²) in [5.41, 5.74) is 1.52. The Morgan fingerprint density at radius 3 is 2.50 bits per heavy atom. The minimum atomic E-state index is -3.34. The van der Waals surface area contributed by atoms with E-state index in [0.717, 1.165) is 11.0 Å². The summed E-state index contributed by atoms with van der Waals surface area (Å²) in [6, 6.07) is 7.24. The molecule has 0 saturated heterocycles. The molecule has 0 heterocycles. The van der Waals surface area contributed by atoms with Gasteiger partial charge in [-0.25, -0.2) is 8.42 Å². The van der Waals surface area contributed by atoms with Crippen LogP contribution in [0.4, 0.5) is 5.69 Å². The molecule has 0 aromatic heterocycles. The summed E-state index contributed by atoms with van der Waals surface area (Å²) in [4.78, 5) is 0. The smallest absolute Gasteiger partial charge is 0.254 e. The number of nitrogens with one attached hydrogen (secondary N) is 1. The van der Waals surface area contributed by atoms with Gasteiger partial charge >= 0.3 is 0 Å². The summed E-state index contributed by atoms with van der Waals surface area (Å²) in [7, 11) is -3.34. The predicted octanol–water partition coefficient (Wildman–Crippen LogP) is 2.27. The van der Waals surface area contributed by atoms with Gasteiger partial charge in [0.25, 0.3) is 10.0 Å². The molecule has 0 saturated carbocycles. The molecule has 0 aliphatic heterocycles. The van der Waals surface area contributed by atoms with E-state index in [-0.39, 0.29) is 0 Å². The van der Waals surface area contributed by atoms with Crippen molar-refractivity contribution in [2.75, 3.05) is 4.72 Å². The molecule has 0 aliphatic carbocycles. The molecular formula is C10H13NO2S. The standard InChI is InChI=1S/C10H13NO2S/c1-3-8-14(12,13)11-10-7-5-4-6-9(10)2/h3-8,11H,1-2H3. The maximum atomic E-state index is 11.4. The highest BCUT2D eigenvalue weighted by molar-refractivity contribution is 7.95. The average Bonchev–Trinajstić information content (AvgIpc) is 2.08. The van der Waals surface area contributed by atoms with Gasteiger partial charge in [0.2, 0.25) is 0 Å². The summed E-state index contributed by atoms with van der Waals surface area (Å²) >= 11 is 0. The van der Waals surface area contributed by atoms with Crippen LogP contribution in [0.15, 0.2) is 35.7 Å². The van der Waals surface area contributed by atoms with Crippen molar-refractivity contribution < 1.29 is 8.42 Å². The topological polar surface area (TPSA) is 46.2 Å². The van der Waals surface area contributed by atoms with E-state index in [4.69, 9.17) is 0 Å². The highest BCUT2D eigenvalue weighted by Crippen LogP contribution is 2.15. The fourth-order valence-corrected chi connectivity index (χ4v) is 2.02. The van der Waals surface area contributed by atoms with Crippen molar-refractivity contribution in [1.82, 2.24) is 0 Å². The lowest BCUT2D eigenvalue weighted by Gasteiger charge is -2.06. The van der Waals surface area contributed by atoms with E-state index in [1.165, 1.54) is 6.08 Å². The Labute approximate surface area is 84.5 Å². The van der Waals surface area contributed by atoms with E-state index in [1.807, 2.05) is 19.1 Å². The fraction of sp³-hybridized carbons (Fsp3) is 0.200. The van der Waals surface area contributed by atoms with Crippen LogP contribution in [0.2, 0.25) is 0 Å². The van der Waals surface area contributed by atoms with Crippen molar-refractivity contribution in [3.05, 3.63) is 41.3 Å². The van der Waals surface area contributed by atoms with Gasteiger partial charge in [0.05, 0.1) is 5.69 Å². The predicted molar refractivity (Wildman–Crippen MR) is 58.5 cm³/mol. The van der Waals surface area contributed by atoms with E-state index in [9.17, 15) is 8.42 Å². The summed E-state index contributed by atoms with van der Waals surface area (Å²) < 4.78 is 25.2. The van der Waals surface area contributed by atoms with Crippen molar-refractivity contribution in [3.8, 4) is 0 Å². The Kier molecular flexibility index (Phi) is 3.30. The minimum Gasteiger partial charge on any atom is -0.280 e. The quantitative estimate of drug-likeness (QED) is 0.833. The van der Waals surface area contributed by atoms with Gasteiger partial charge in [-0.05, 0) is 25.5 Å². The van der Waals surface area contributed by atoms with E-state index in [2.05, 4.69) is 4.72 Å². The minimum absolute atomic E-state index is 0.616. The lowest BCUT2D eigenvalue weighted by Crippen LogP contribution is -2.09. The summed E-state index contributed by atoms with van der Waals surface area (Å²) in [5.74, 6) is 0. The highest BCUT2D eigenvalue weighted by atomic mass is 32.2. The molecule has 0 aliphatic rings. The number of anilines is 1.